The molecule has 3 nitrogen and oxygen atoms in total. The summed E-state index contributed by atoms with van der Waals surface area (Å²) in [4.78, 5) is 13.9. The Morgan fingerprint density at radius 1 is 1.18 bits per heavy atom. The Kier molecular flexibility index (Phi) is 4.84. The Morgan fingerprint density at radius 2 is 1.88 bits per heavy atom. The van der Waals surface area contributed by atoms with Crippen LogP contribution in [0.1, 0.15) is 51.4 Å². The molecule has 0 atom stereocenters. The van der Waals surface area contributed by atoms with E-state index < -0.39 is 0 Å². The van der Waals surface area contributed by atoms with Crippen LogP contribution in [0.3, 0.4) is 0 Å². The second-order valence-electron chi connectivity index (χ2n) is 5.76. The molecule has 2 aliphatic carbocycles. The van der Waals surface area contributed by atoms with Gasteiger partial charge in [0.1, 0.15) is 0 Å². The van der Waals surface area contributed by atoms with Gasteiger partial charge in [-0.15, -0.1) is 0 Å². The van der Waals surface area contributed by atoms with Crippen LogP contribution in [0.5, 0.6) is 0 Å². The van der Waals surface area contributed by atoms with E-state index in [4.69, 9.17) is 0 Å². The zero-order valence-electron chi connectivity index (χ0n) is 11.1. The first kappa shape index (κ1) is 12.9. The van der Waals surface area contributed by atoms with Crippen LogP contribution in [0.15, 0.2) is 0 Å². The SMILES string of the molecule is CN(CC1CCCCC1)C(=O)CCNC1CC1. The minimum absolute atomic E-state index is 0.309. The zero-order valence-corrected chi connectivity index (χ0v) is 11.1. The van der Waals surface area contributed by atoms with Crippen LogP contribution >= 0.6 is 0 Å². The number of hydrogen-bond donors (Lipinski definition) is 1. The third-order valence-electron chi connectivity index (χ3n) is 4.03. The molecule has 1 N–H and O–H groups in total. The molecule has 2 fully saturated rings. The number of carbonyl (C=O) groups is 1. The Bertz CT molecular complexity index is 245. The summed E-state index contributed by atoms with van der Waals surface area (Å²) in [7, 11) is 1.97. The summed E-state index contributed by atoms with van der Waals surface area (Å²) in [5, 5.41) is 3.40. The lowest BCUT2D eigenvalue weighted by molar-refractivity contribution is -0.130. The molecule has 0 aromatic rings. The molecule has 98 valence electrons. The highest BCUT2D eigenvalue weighted by Crippen LogP contribution is 2.24. The lowest BCUT2D eigenvalue weighted by Gasteiger charge is -2.27. The van der Waals surface area contributed by atoms with Gasteiger partial charge in [0.2, 0.25) is 5.91 Å². The molecule has 0 bridgehead atoms. The highest BCUT2D eigenvalue weighted by Gasteiger charge is 2.21. The minimum atomic E-state index is 0.309. The third kappa shape index (κ3) is 4.66. The number of nitrogens with one attached hydrogen (secondary N) is 1. The van der Waals surface area contributed by atoms with Gasteiger partial charge in [0.15, 0.2) is 0 Å². The fourth-order valence-electron chi connectivity index (χ4n) is 2.72. The normalized spacial score (nSPS) is 21.5. The molecule has 2 saturated carbocycles. The van der Waals surface area contributed by atoms with Crippen LogP contribution in [0.4, 0.5) is 0 Å². The first-order valence-electron chi connectivity index (χ1n) is 7.23. The summed E-state index contributed by atoms with van der Waals surface area (Å²) in [5.41, 5.74) is 0. The van der Waals surface area contributed by atoms with Gasteiger partial charge in [-0.3, -0.25) is 4.79 Å². The molecular formula is C14H26N2O. The Labute approximate surface area is 105 Å². The molecule has 0 aromatic heterocycles. The van der Waals surface area contributed by atoms with Crippen molar-refractivity contribution in [2.75, 3.05) is 20.1 Å². The fourth-order valence-corrected chi connectivity index (χ4v) is 2.72. The van der Waals surface area contributed by atoms with Crippen LogP contribution in [-0.4, -0.2) is 37.0 Å². The number of rotatable bonds is 6. The smallest absolute Gasteiger partial charge is 0.223 e. The summed E-state index contributed by atoms with van der Waals surface area (Å²) in [6.45, 7) is 1.83. The number of amides is 1. The zero-order chi connectivity index (χ0) is 12.1. The van der Waals surface area contributed by atoms with Gasteiger partial charge in [-0.1, -0.05) is 19.3 Å². The lowest BCUT2D eigenvalue weighted by atomic mass is 9.89. The first-order valence-corrected chi connectivity index (χ1v) is 7.23. The van der Waals surface area contributed by atoms with Gasteiger partial charge in [-0.25, -0.2) is 0 Å². The Morgan fingerprint density at radius 3 is 2.53 bits per heavy atom. The molecule has 17 heavy (non-hydrogen) atoms. The second kappa shape index (κ2) is 6.39. The van der Waals surface area contributed by atoms with Crippen molar-refractivity contribution in [3.63, 3.8) is 0 Å². The topological polar surface area (TPSA) is 32.3 Å². The first-order chi connectivity index (χ1) is 8.25. The molecule has 3 heteroatoms. The van der Waals surface area contributed by atoms with Gasteiger partial charge < -0.3 is 10.2 Å². The van der Waals surface area contributed by atoms with E-state index in [2.05, 4.69) is 5.32 Å². The van der Waals surface area contributed by atoms with Crippen LogP contribution in [0.2, 0.25) is 0 Å². The molecular weight excluding hydrogens is 212 g/mol. The van der Waals surface area contributed by atoms with E-state index in [9.17, 15) is 4.79 Å². The van der Waals surface area contributed by atoms with Gasteiger partial charge in [-0.2, -0.15) is 0 Å². The van der Waals surface area contributed by atoms with Crippen molar-refractivity contribution in [3.8, 4) is 0 Å². The van der Waals surface area contributed by atoms with Crippen molar-refractivity contribution in [3.05, 3.63) is 0 Å². The van der Waals surface area contributed by atoms with E-state index in [-0.39, 0.29) is 0 Å². The Balaban J connectivity index is 1.59. The summed E-state index contributed by atoms with van der Waals surface area (Å²) in [6, 6.07) is 0.714. The largest absolute Gasteiger partial charge is 0.345 e. The number of nitrogens with zero attached hydrogens (tertiary/aromatic N) is 1. The van der Waals surface area contributed by atoms with E-state index in [0.29, 0.717) is 18.4 Å². The average Bonchev–Trinajstić information content (AvgIpc) is 3.14. The highest BCUT2D eigenvalue weighted by atomic mass is 16.2. The lowest BCUT2D eigenvalue weighted by Crippen LogP contribution is -2.34. The molecule has 2 rings (SSSR count). The van der Waals surface area contributed by atoms with Gasteiger partial charge in [0.05, 0.1) is 0 Å². The minimum Gasteiger partial charge on any atom is -0.345 e. The highest BCUT2D eigenvalue weighted by molar-refractivity contribution is 5.76. The standard InChI is InChI=1S/C14H26N2O/c1-16(11-12-5-3-2-4-6-12)14(17)9-10-15-13-7-8-13/h12-13,15H,2-11H2,1H3. The maximum absolute atomic E-state index is 11.9. The van der Waals surface area contributed by atoms with Crippen molar-refractivity contribution < 1.29 is 4.79 Å². The maximum atomic E-state index is 11.9. The molecule has 0 spiro atoms. The van der Waals surface area contributed by atoms with Crippen LogP contribution < -0.4 is 5.32 Å². The van der Waals surface area contributed by atoms with Crippen molar-refractivity contribution in [2.45, 2.75) is 57.4 Å². The van der Waals surface area contributed by atoms with Crippen LogP contribution in [0.25, 0.3) is 0 Å². The molecule has 0 heterocycles. The number of carbonyl (C=O) groups excluding carboxylic acids is 1. The molecule has 0 radical (unpaired) electrons. The van der Waals surface area contributed by atoms with Crippen molar-refractivity contribution in [1.82, 2.24) is 10.2 Å². The van der Waals surface area contributed by atoms with Crippen LogP contribution in [-0.2, 0) is 4.79 Å². The summed E-state index contributed by atoms with van der Waals surface area (Å²) >= 11 is 0. The molecule has 0 aliphatic heterocycles. The maximum Gasteiger partial charge on any atom is 0.223 e. The van der Waals surface area contributed by atoms with Crippen molar-refractivity contribution >= 4 is 5.91 Å². The average molecular weight is 238 g/mol. The monoisotopic (exact) mass is 238 g/mol. The van der Waals surface area contributed by atoms with Gasteiger partial charge in [0, 0.05) is 32.6 Å². The second-order valence-corrected chi connectivity index (χ2v) is 5.76. The van der Waals surface area contributed by atoms with Crippen molar-refractivity contribution in [2.24, 2.45) is 5.92 Å². The number of hydrogen-bond acceptors (Lipinski definition) is 2. The van der Waals surface area contributed by atoms with Gasteiger partial charge >= 0.3 is 0 Å². The predicted molar refractivity (Wildman–Crippen MR) is 69.9 cm³/mol. The van der Waals surface area contributed by atoms with E-state index >= 15 is 0 Å². The molecule has 0 aromatic carbocycles. The predicted octanol–water partition coefficient (Wildman–Crippen LogP) is 2.17. The van der Waals surface area contributed by atoms with E-state index in [1.807, 2.05) is 11.9 Å². The fraction of sp³-hybridized carbons (Fsp3) is 0.929. The summed E-state index contributed by atoms with van der Waals surface area (Å²) < 4.78 is 0. The Hall–Kier alpha value is -0.570. The van der Waals surface area contributed by atoms with Crippen molar-refractivity contribution in [1.29, 1.82) is 0 Å². The van der Waals surface area contributed by atoms with E-state index in [1.54, 1.807) is 0 Å². The molecule has 0 saturated heterocycles. The van der Waals surface area contributed by atoms with Gasteiger partial charge in [-0.05, 0) is 31.6 Å². The molecule has 1 amide bonds. The molecule has 0 unspecified atom stereocenters. The van der Waals surface area contributed by atoms with Gasteiger partial charge in [0.25, 0.3) is 0 Å². The summed E-state index contributed by atoms with van der Waals surface area (Å²) in [6.07, 6.45) is 10.00. The molecule has 2 aliphatic rings. The summed E-state index contributed by atoms with van der Waals surface area (Å²) in [5.74, 6) is 1.07. The third-order valence-corrected chi connectivity index (χ3v) is 4.03. The quantitative estimate of drug-likeness (QED) is 0.769. The van der Waals surface area contributed by atoms with Crippen LogP contribution in [0, 0.1) is 5.92 Å². The van der Waals surface area contributed by atoms with E-state index in [1.165, 1.54) is 44.9 Å². The van der Waals surface area contributed by atoms with E-state index in [0.717, 1.165) is 19.0 Å².